The van der Waals surface area contributed by atoms with Gasteiger partial charge in [-0.2, -0.15) is 0 Å². The van der Waals surface area contributed by atoms with E-state index in [0.717, 1.165) is 62.8 Å². The van der Waals surface area contributed by atoms with E-state index in [9.17, 15) is 33.4 Å². The van der Waals surface area contributed by atoms with Crippen molar-refractivity contribution in [2.75, 3.05) is 93.7 Å². The Morgan fingerprint density at radius 2 is 1.29 bits per heavy atom. The number of aryl methyl sites for hydroxylation is 1. The molecule has 0 aliphatic heterocycles. The Morgan fingerprint density at radius 3 is 1.90 bits per heavy atom. The molecule has 0 saturated heterocycles. The Balaban J connectivity index is 1.39. The number of fused-ring (bicyclic) bond motifs is 2. The van der Waals surface area contributed by atoms with Gasteiger partial charge in [0.2, 0.25) is 17.7 Å². The minimum absolute atomic E-state index is 0.0324. The third-order valence-corrected chi connectivity index (χ3v) is 15.2. The highest BCUT2D eigenvalue weighted by atomic mass is 31.2. The predicted octanol–water partition coefficient (Wildman–Crippen LogP) is 7.10. The number of aromatic nitrogens is 3. The smallest absolute Gasteiger partial charge is 0.472 e. The minimum atomic E-state index is -4.62. The molecule has 0 aromatic carbocycles. The number of carboxylic acids is 1. The third-order valence-electron chi connectivity index (χ3n) is 14.2. The van der Waals surface area contributed by atoms with Crippen LogP contribution in [0.25, 0.3) is 0 Å². The molecule has 2 aliphatic rings. The molecule has 2 aliphatic carbocycles. The number of likely N-dealkylation sites (N-methyl/N-ethyl adjacent to an activating group) is 1. The number of unbranched alkanes of at least 4 members (excludes halogenated alkanes) is 14. The summed E-state index contributed by atoms with van der Waals surface area (Å²) < 4.78 is 48.5. The molecule has 5 N–H and O–H groups in total. The molecule has 77 heavy (non-hydrogen) atoms. The zero-order valence-corrected chi connectivity index (χ0v) is 49.1. The number of ether oxygens (including phenoxy) is 4. The van der Waals surface area contributed by atoms with Crippen molar-refractivity contribution < 1.29 is 71.0 Å². The van der Waals surface area contributed by atoms with E-state index >= 15 is 0 Å². The average Bonchev–Trinajstić information content (AvgIpc) is 3.88. The summed E-state index contributed by atoms with van der Waals surface area (Å²) >= 11 is 0. The van der Waals surface area contributed by atoms with E-state index in [2.05, 4.69) is 33.2 Å². The quantitative estimate of drug-likeness (QED) is 0.0189. The van der Waals surface area contributed by atoms with Crippen LogP contribution in [0.1, 0.15) is 174 Å². The van der Waals surface area contributed by atoms with Crippen LogP contribution in [-0.2, 0) is 75.9 Å². The van der Waals surface area contributed by atoms with Gasteiger partial charge in [-0.15, -0.1) is 5.10 Å². The van der Waals surface area contributed by atoms with E-state index in [4.69, 9.17) is 33.1 Å². The largest absolute Gasteiger partial charge is 0.481 e. The van der Waals surface area contributed by atoms with Crippen LogP contribution in [0.3, 0.4) is 0 Å². The van der Waals surface area contributed by atoms with Crippen molar-refractivity contribution in [2.24, 2.45) is 23.2 Å². The number of aliphatic carboxylic acids is 1. The summed E-state index contributed by atoms with van der Waals surface area (Å²) in [5.74, 6) is -1.27. The number of amides is 3. The van der Waals surface area contributed by atoms with Crippen LogP contribution in [0, 0.1) is 23.2 Å². The Hall–Kier alpha value is -3.56. The molecule has 0 radical (unpaired) electrons. The number of carbonyl (C=O) groups is 5. The first kappa shape index (κ1) is 67.7. The number of carboxylic acid groups (broad SMARTS) is 1. The van der Waals surface area contributed by atoms with E-state index in [1.807, 2.05) is 46.6 Å². The van der Waals surface area contributed by atoms with Gasteiger partial charge in [0.1, 0.15) is 25.2 Å². The molecule has 444 valence electrons. The Bertz CT molecular complexity index is 1910. The molecule has 1 unspecified atom stereocenters. The zero-order valence-electron chi connectivity index (χ0n) is 48.2. The Kier molecular flexibility index (Phi) is 32.9. The molecule has 1 fully saturated rings. The fourth-order valence-electron chi connectivity index (χ4n) is 9.43. The molecule has 1 aromatic heterocycles. The number of rotatable bonds is 45. The number of quaternary nitrogens is 1. The fourth-order valence-corrected chi connectivity index (χ4v) is 10.2. The van der Waals surface area contributed by atoms with Crippen LogP contribution in [0.4, 0.5) is 0 Å². The average molecular weight is 1120 g/mol. The molecule has 3 rings (SSSR count). The van der Waals surface area contributed by atoms with Crippen LogP contribution < -0.4 is 16.0 Å². The molecule has 1 aromatic rings. The summed E-state index contributed by atoms with van der Waals surface area (Å²) in [5, 5.41) is 26.1. The highest BCUT2D eigenvalue weighted by Gasteiger charge is 2.50. The van der Waals surface area contributed by atoms with Crippen LogP contribution in [0.5, 0.6) is 0 Å². The molecular weight excluding hydrogens is 1010 g/mol. The first-order valence-electron chi connectivity index (χ1n) is 29.0. The predicted molar refractivity (Wildman–Crippen MR) is 293 cm³/mol. The van der Waals surface area contributed by atoms with Crippen LogP contribution in [0.2, 0.25) is 0 Å². The van der Waals surface area contributed by atoms with Gasteiger partial charge in [-0.05, 0) is 83.5 Å². The number of hydrogen-bond donors (Lipinski definition) is 5. The minimum Gasteiger partial charge on any atom is -0.481 e. The number of nitrogens with zero attached hydrogens (tertiary/aromatic N) is 4. The second kappa shape index (κ2) is 37.4. The number of phosphoric acid groups is 1. The van der Waals surface area contributed by atoms with Crippen LogP contribution in [-0.4, -0.2) is 165 Å². The van der Waals surface area contributed by atoms with Gasteiger partial charge < -0.3 is 49.4 Å². The molecule has 0 bridgehead atoms. The van der Waals surface area contributed by atoms with E-state index in [1.165, 1.54) is 51.4 Å². The molecule has 1 heterocycles. The Morgan fingerprint density at radius 1 is 0.714 bits per heavy atom. The topological polar surface area (TPSA) is 265 Å². The lowest BCUT2D eigenvalue weighted by molar-refractivity contribution is -0.870. The molecule has 6 atom stereocenters. The lowest BCUT2D eigenvalue weighted by atomic mass is 9.97. The summed E-state index contributed by atoms with van der Waals surface area (Å²) in [7, 11) is 1.06. The summed E-state index contributed by atoms with van der Waals surface area (Å²) in [4.78, 5) is 74.4. The SMILES string of the molecule is CCCCCCCCCCCCCCCC(=O)N[C@@H](COP(=O)(O)OCC[N+](C)(C)C)C(=O)N[C@@H](CCCCCC(=O)O)C(=O)NCCOCCOCCOCCn1nnc2c1CC[C@@H]1[C@H](CC2)[C@@H]1COC(=O)C(C)(C)C. The molecule has 22 heteroatoms. The van der Waals surface area contributed by atoms with E-state index in [1.54, 1.807) is 0 Å². The van der Waals surface area contributed by atoms with Gasteiger partial charge in [0.25, 0.3) is 0 Å². The first-order chi connectivity index (χ1) is 36.7. The van der Waals surface area contributed by atoms with Gasteiger partial charge in [0.15, 0.2) is 0 Å². The number of esters is 1. The first-order valence-corrected chi connectivity index (χ1v) is 30.5. The standard InChI is InChI=1S/C55H100N7O14P/c1-8-9-10-11-12-13-14-15-16-17-18-19-22-25-50(63)57-48(42-76-77(69,70)75-36-33-62(5,6)7)53(67)58-47(24-21-20-23-26-51(64)65)52(66)56-31-34-71-37-39-73-40-38-72-35-32-61-49-30-28-44-43(27-29-46(49)59-60-61)45(44)41-74-54(68)55(2,3)4/h43-45,47-48H,8-42H2,1-7H3,(H4-,56,57,58,63,64,65,66,67,69,70)/p+1/t43-,44+,45-,47-,48-/m0/s1. The maximum absolute atomic E-state index is 13.8. The van der Waals surface area contributed by atoms with E-state index in [-0.39, 0.29) is 51.6 Å². The lowest BCUT2D eigenvalue weighted by Gasteiger charge is -2.25. The highest BCUT2D eigenvalue weighted by molar-refractivity contribution is 7.47. The summed E-state index contributed by atoms with van der Waals surface area (Å²) in [6.07, 6.45) is 20.3. The van der Waals surface area contributed by atoms with Crippen LogP contribution in [0.15, 0.2) is 0 Å². The molecule has 21 nitrogen and oxygen atoms in total. The second-order valence-electron chi connectivity index (χ2n) is 23.0. The number of hydrogen-bond acceptors (Lipinski definition) is 14. The number of nitrogens with one attached hydrogen (secondary N) is 3. The van der Waals surface area contributed by atoms with Crippen molar-refractivity contribution in [3.63, 3.8) is 0 Å². The van der Waals surface area contributed by atoms with Gasteiger partial charge in [0, 0.05) is 19.4 Å². The van der Waals surface area contributed by atoms with Crippen molar-refractivity contribution in [1.29, 1.82) is 0 Å². The molecule has 1 saturated carbocycles. The summed E-state index contributed by atoms with van der Waals surface area (Å²) in [6.45, 7) is 10.6. The zero-order chi connectivity index (χ0) is 56.5. The summed E-state index contributed by atoms with van der Waals surface area (Å²) in [5.41, 5.74) is 1.69. The maximum Gasteiger partial charge on any atom is 0.472 e. The number of phosphoric ester groups is 1. The lowest BCUT2D eigenvalue weighted by Crippen LogP contribution is -2.55. The second-order valence-corrected chi connectivity index (χ2v) is 24.5. The van der Waals surface area contributed by atoms with Crippen molar-refractivity contribution in [3.05, 3.63) is 11.4 Å². The van der Waals surface area contributed by atoms with Crippen molar-refractivity contribution in [3.8, 4) is 0 Å². The van der Waals surface area contributed by atoms with Crippen molar-refractivity contribution in [2.45, 2.75) is 194 Å². The van der Waals surface area contributed by atoms with Crippen molar-refractivity contribution in [1.82, 2.24) is 30.9 Å². The van der Waals surface area contributed by atoms with Gasteiger partial charge in [0.05, 0.1) is 97.3 Å². The molecular formula is C55H101N7O14P+. The third kappa shape index (κ3) is 30.6. The van der Waals surface area contributed by atoms with Gasteiger partial charge in [-0.25, -0.2) is 9.25 Å². The van der Waals surface area contributed by atoms with Gasteiger partial charge in [-0.3, -0.25) is 33.0 Å². The van der Waals surface area contributed by atoms with Gasteiger partial charge in [-0.1, -0.05) is 102 Å². The molecule has 0 spiro atoms. The molecule has 3 amide bonds. The Labute approximate surface area is 460 Å². The van der Waals surface area contributed by atoms with E-state index in [0.29, 0.717) is 94.0 Å². The normalized spacial score (nSPS) is 17.9. The maximum atomic E-state index is 13.8. The van der Waals surface area contributed by atoms with Crippen LogP contribution >= 0.6 is 7.82 Å². The van der Waals surface area contributed by atoms with Crippen molar-refractivity contribution >= 4 is 37.5 Å². The summed E-state index contributed by atoms with van der Waals surface area (Å²) in [6, 6.07) is -2.49. The van der Waals surface area contributed by atoms with Gasteiger partial charge >= 0.3 is 19.8 Å². The highest BCUT2D eigenvalue weighted by Crippen LogP contribution is 2.53. The number of carbonyl (C=O) groups excluding carboxylic acids is 4. The monoisotopic (exact) mass is 1110 g/mol. The fraction of sp³-hybridized carbons (Fsp3) is 0.873. The van der Waals surface area contributed by atoms with E-state index < -0.39 is 55.6 Å².